The number of hydrogen-bond acceptors (Lipinski definition) is 4. The normalized spacial score (nSPS) is 25.7. The smallest absolute Gasteiger partial charge is 0.144 e. The van der Waals surface area contributed by atoms with Crippen molar-refractivity contribution < 1.29 is 8.95 Å². The van der Waals surface area contributed by atoms with Crippen LogP contribution in [0.2, 0.25) is 0 Å². The largest absolute Gasteiger partial charge is 0.381 e. The highest BCUT2D eigenvalue weighted by molar-refractivity contribution is 7.89. The first kappa shape index (κ1) is 22.3. The minimum Gasteiger partial charge on any atom is -0.381 e. The second-order valence-electron chi connectivity index (χ2n) is 8.95. The molecule has 1 aromatic rings. The zero-order chi connectivity index (χ0) is 21.8. The van der Waals surface area contributed by atoms with Crippen LogP contribution in [0.3, 0.4) is 0 Å². The Kier molecular flexibility index (Phi) is 7.28. The van der Waals surface area contributed by atoms with E-state index in [2.05, 4.69) is 54.9 Å². The van der Waals surface area contributed by atoms with E-state index >= 15 is 0 Å². The molecule has 4 rings (SSSR count). The molecule has 3 fully saturated rings. The zero-order valence-corrected chi connectivity index (χ0v) is 19.7. The lowest BCUT2D eigenvalue weighted by Gasteiger charge is -2.34. The summed E-state index contributed by atoms with van der Waals surface area (Å²) in [5.41, 5.74) is 3.75. The summed E-state index contributed by atoms with van der Waals surface area (Å²) in [6.07, 6.45) is 4.96. The molecule has 1 unspecified atom stereocenters. The quantitative estimate of drug-likeness (QED) is 0.561. The molecule has 5 nitrogen and oxygen atoms in total. The van der Waals surface area contributed by atoms with E-state index in [0.29, 0.717) is 17.7 Å². The molecule has 0 radical (unpaired) electrons. The number of likely N-dealkylation sites (tertiary alicyclic amines) is 1. The number of allylic oxidation sites excluding steroid dienone is 1. The van der Waals surface area contributed by atoms with Crippen molar-refractivity contribution in [3.8, 4) is 0 Å². The fourth-order valence-corrected chi connectivity index (χ4v) is 6.12. The molecular weight excluding hydrogens is 406 g/mol. The maximum absolute atomic E-state index is 12.7. The number of nitrogens with one attached hydrogen (secondary N) is 1. The monoisotopic (exact) mass is 441 g/mol. The van der Waals surface area contributed by atoms with Gasteiger partial charge >= 0.3 is 0 Å². The van der Waals surface area contributed by atoms with E-state index < -0.39 is 10.8 Å². The van der Waals surface area contributed by atoms with Gasteiger partial charge < -0.3 is 15.0 Å². The molecule has 0 aromatic heterocycles. The molecule has 1 atom stereocenters. The third kappa shape index (κ3) is 5.47. The number of hydrogen-bond donors (Lipinski definition) is 1. The number of ether oxygens (including phenoxy) is 1. The van der Waals surface area contributed by atoms with Crippen LogP contribution in [0.5, 0.6) is 0 Å². The molecule has 0 bridgehead atoms. The number of amidine groups is 1. The Labute approximate surface area is 189 Å². The summed E-state index contributed by atoms with van der Waals surface area (Å²) in [5.74, 6) is 3.04. The minimum atomic E-state index is -1.02. The molecule has 0 saturated carbocycles. The zero-order valence-electron chi connectivity index (χ0n) is 18.9. The molecule has 3 aliphatic rings. The van der Waals surface area contributed by atoms with Gasteiger partial charge in [-0.1, -0.05) is 36.4 Å². The van der Waals surface area contributed by atoms with Crippen LogP contribution in [0.1, 0.15) is 56.1 Å². The highest BCUT2D eigenvalue weighted by Gasteiger charge is 2.27. The minimum absolute atomic E-state index is 0.310. The molecule has 3 aliphatic heterocycles. The maximum atomic E-state index is 12.7. The number of benzene rings is 1. The van der Waals surface area contributed by atoms with Gasteiger partial charge in [0, 0.05) is 38.1 Å². The third-order valence-corrected chi connectivity index (χ3v) is 8.17. The Morgan fingerprint density at radius 1 is 1.23 bits per heavy atom. The maximum Gasteiger partial charge on any atom is 0.144 e. The standard InChI is InChI=1S/C25H35N3O2S/c1-18-5-4-6-22(17-18)21-7-12-28(13-8-21)20(3)26-25(24-19(2)11-16-31(24)29)27-23-9-14-30-15-10-23/h4-6,17,21,23,27H,2,7-16H2,1,3H3/b25-24-,26-20?. The van der Waals surface area contributed by atoms with Gasteiger partial charge in [0.25, 0.3) is 0 Å². The number of piperidine rings is 1. The Bertz CT molecular complexity index is 876. The number of aryl methyl sites for hydroxylation is 1. The van der Waals surface area contributed by atoms with E-state index in [0.717, 1.165) is 80.5 Å². The second-order valence-corrected chi connectivity index (χ2v) is 10.5. The highest BCUT2D eigenvalue weighted by Crippen LogP contribution is 2.31. The Hall–Kier alpha value is -1.92. The van der Waals surface area contributed by atoms with E-state index in [1.54, 1.807) is 0 Å². The van der Waals surface area contributed by atoms with E-state index in [9.17, 15) is 4.21 Å². The van der Waals surface area contributed by atoms with Gasteiger partial charge in [-0.05, 0) is 63.0 Å². The van der Waals surface area contributed by atoms with Gasteiger partial charge in [0.2, 0.25) is 0 Å². The van der Waals surface area contributed by atoms with Gasteiger partial charge in [0.05, 0.1) is 15.7 Å². The van der Waals surface area contributed by atoms with Gasteiger partial charge in [-0.25, -0.2) is 4.99 Å². The van der Waals surface area contributed by atoms with Gasteiger partial charge in [0.15, 0.2) is 0 Å². The molecule has 1 N–H and O–H groups in total. The summed E-state index contributed by atoms with van der Waals surface area (Å²) < 4.78 is 18.2. The second kappa shape index (κ2) is 10.1. The topological polar surface area (TPSA) is 53.9 Å². The van der Waals surface area contributed by atoms with Crippen LogP contribution in [0.15, 0.2) is 52.1 Å². The van der Waals surface area contributed by atoms with Crippen LogP contribution < -0.4 is 5.32 Å². The molecule has 0 amide bonds. The van der Waals surface area contributed by atoms with Crippen molar-refractivity contribution in [2.75, 3.05) is 32.1 Å². The van der Waals surface area contributed by atoms with Crippen molar-refractivity contribution >= 4 is 16.6 Å². The van der Waals surface area contributed by atoms with Gasteiger partial charge in [-0.2, -0.15) is 0 Å². The SMILES string of the molecule is C=C1CCS(=O)/C1=C(/N=C(C)N1CCC(c2cccc(C)c2)CC1)NC1CCOCC1. The summed E-state index contributed by atoms with van der Waals surface area (Å²) in [6, 6.07) is 9.22. The molecule has 168 valence electrons. The molecule has 3 heterocycles. The van der Waals surface area contributed by atoms with E-state index in [1.807, 2.05) is 0 Å². The molecule has 0 spiro atoms. The first-order valence-electron chi connectivity index (χ1n) is 11.5. The fraction of sp³-hybridized carbons (Fsp3) is 0.560. The van der Waals surface area contributed by atoms with E-state index in [4.69, 9.17) is 9.73 Å². The van der Waals surface area contributed by atoms with Crippen LogP contribution in [0.25, 0.3) is 0 Å². The van der Waals surface area contributed by atoms with Crippen LogP contribution in [-0.4, -0.2) is 53.0 Å². The van der Waals surface area contributed by atoms with Crippen molar-refractivity contribution in [1.82, 2.24) is 10.2 Å². The predicted molar refractivity (Wildman–Crippen MR) is 129 cm³/mol. The third-order valence-electron chi connectivity index (χ3n) is 6.65. The number of rotatable bonds is 4. The molecule has 3 saturated heterocycles. The summed E-state index contributed by atoms with van der Waals surface area (Å²) >= 11 is 0. The summed E-state index contributed by atoms with van der Waals surface area (Å²) in [6.45, 7) is 11.9. The number of aliphatic imine (C=N–C) groups is 1. The lowest BCUT2D eigenvalue weighted by Crippen LogP contribution is -2.38. The van der Waals surface area contributed by atoms with E-state index in [1.165, 1.54) is 11.1 Å². The van der Waals surface area contributed by atoms with E-state index in [-0.39, 0.29) is 0 Å². The predicted octanol–water partition coefficient (Wildman–Crippen LogP) is 4.24. The first-order chi connectivity index (χ1) is 15.0. The Balaban J connectivity index is 1.49. The summed E-state index contributed by atoms with van der Waals surface area (Å²) in [5, 5.41) is 3.60. The van der Waals surface area contributed by atoms with Crippen molar-refractivity contribution in [3.05, 3.63) is 58.3 Å². The summed E-state index contributed by atoms with van der Waals surface area (Å²) in [7, 11) is -1.02. The molecule has 31 heavy (non-hydrogen) atoms. The Morgan fingerprint density at radius 2 is 1.97 bits per heavy atom. The van der Waals surface area contributed by atoms with Gasteiger partial charge in [0.1, 0.15) is 11.7 Å². The van der Waals surface area contributed by atoms with Crippen molar-refractivity contribution in [2.24, 2.45) is 4.99 Å². The van der Waals surface area contributed by atoms with Crippen LogP contribution in [0, 0.1) is 6.92 Å². The summed E-state index contributed by atoms with van der Waals surface area (Å²) in [4.78, 5) is 8.20. The van der Waals surface area contributed by atoms with Crippen LogP contribution >= 0.6 is 0 Å². The van der Waals surface area contributed by atoms with Gasteiger partial charge in [-0.15, -0.1) is 0 Å². The lowest BCUT2D eigenvalue weighted by atomic mass is 9.89. The van der Waals surface area contributed by atoms with Crippen LogP contribution in [0.4, 0.5) is 0 Å². The molecule has 1 aromatic carbocycles. The molecule has 0 aliphatic carbocycles. The Morgan fingerprint density at radius 3 is 2.61 bits per heavy atom. The molecular formula is C25H35N3O2S. The first-order valence-corrected chi connectivity index (χ1v) is 12.8. The fourth-order valence-electron chi connectivity index (χ4n) is 4.74. The van der Waals surface area contributed by atoms with Crippen molar-refractivity contribution in [3.63, 3.8) is 0 Å². The van der Waals surface area contributed by atoms with Crippen molar-refractivity contribution in [2.45, 2.75) is 57.9 Å². The average Bonchev–Trinajstić information content (AvgIpc) is 3.12. The highest BCUT2D eigenvalue weighted by atomic mass is 32.2. The number of nitrogens with zero attached hydrogens (tertiary/aromatic N) is 2. The van der Waals surface area contributed by atoms with Crippen LogP contribution in [-0.2, 0) is 15.5 Å². The average molecular weight is 442 g/mol. The lowest BCUT2D eigenvalue weighted by molar-refractivity contribution is 0.0803. The molecule has 6 heteroatoms. The van der Waals surface area contributed by atoms with Gasteiger partial charge in [-0.3, -0.25) is 4.21 Å². The van der Waals surface area contributed by atoms with Crippen molar-refractivity contribution in [1.29, 1.82) is 0 Å².